The summed E-state index contributed by atoms with van der Waals surface area (Å²) in [5, 5.41) is 18.2. The zero-order valence-corrected chi connectivity index (χ0v) is 18.4. The van der Waals surface area contributed by atoms with E-state index >= 15 is 0 Å². The molecule has 0 radical (unpaired) electrons. The molecular weight excluding hydrogens is 460 g/mol. The van der Waals surface area contributed by atoms with E-state index in [1.807, 2.05) is 13.8 Å². The first-order valence-corrected chi connectivity index (χ1v) is 10.0. The minimum absolute atomic E-state index is 0.0392. The molecule has 0 aliphatic carbocycles. The second kappa shape index (κ2) is 11.3. The fourth-order valence-corrected chi connectivity index (χ4v) is 2.89. The summed E-state index contributed by atoms with van der Waals surface area (Å²) in [6.07, 6.45) is 1.62. The van der Waals surface area contributed by atoms with Gasteiger partial charge in [-0.1, -0.05) is 0 Å². The standard InChI is InChI=1S/C19H21BrN4O4S/c1-3-21-19(29)23-22-11-14-9-17(27-4-2)18(10-16(14)20)28-12-13-5-7-15(8-6-13)24(25)26/h5-11H,3-4,12H2,1-2H3,(H2,21,23,29). The number of nitro benzene ring substituents is 1. The van der Waals surface area contributed by atoms with Crippen LogP contribution in [0.5, 0.6) is 11.5 Å². The van der Waals surface area contributed by atoms with Gasteiger partial charge in [0.1, 0.15) is 6.61 Å². The summed E-state index contributed by atoms with van der Waals surface area (Å²) in [6.45, 7) is 5.25. The van der Waals surface area contributed by atoms with Crippen LogP contribution in [0.15, 0.2) is 46.0 Å². The van der Waals surface area contributed by atoms with Gasteiger partial charge < -0.3 is 14.8 Å². The average molecular weight is 481 g/mol. The highest BCUT2D eigenvalue weighted by Crippen LogP contribution is 2.34. The van der Waals surface area contributed by atoms with Gasteiger partial charge in [-0.2, -0.15) is 5.10 Å². The van der Waals surface area contributed by atoms with Crippen LogP contribution in [0.1, 0.15) is 25.0 Å². The quantitative estimate of drug-likeness (QED) is 0.240. The van der Waals surface area contributed by atoms with Crippen molar-refractivity contribution in [3.05, 3.63) is 62.1 Å². The Morgan fingerprint density at radius 2 is 1.93 bits per heavy atom. The highest BCUT2D eigenvalue weighted by Gasteiger charge is 2.11. The van der Waals surface area contributed by atoms with Crippen molar-refractivity contribution in [2.45, 2.75) is 20.5 Å². The average Bonchev–Trinajstić information content (AvgIpc) is 2.69. The van der Waals surface area contributed by atoms with E-state index in [1.165, 1.54) is 12.1 Å². The smallest absolute Gasteiger partial charge is 0.269 e. The number of thiocarbonyl (C=S) groups is 1. The Morgan fingerprint density at radius 3 is 2.55 bits per heavy atom. The van der Waals surface area contributed by atoms with Crippen LogP contribution in [0.25, 0.3) is 0 Å². The molecule has 0 atom stereocenters. The molecule has 2 rings (SSSR count). The van der Waals surface area contributed by atoms with Gasteiger partial charge >= 0.3 is 0 Å². The van der Waals surface area contributed by atoms with Crippen molar-refractivity contribution in [1.82, 2.24) is 10.7 Å². The molecule has 0 saturated carbocycles. The van der Waals surface area contributed by atoms with E-state index in [4.69, 9.17) is 21.7 Å². The second-order valence-corrected chi connectivity index (χ2v) is 6.96. The minimum atomic E-state index is -0.435. The first kappa shape index (κ1) is 22.6. The molecule has 0 heterocycles. The van der Waals surface area contributed by atoms with Gasteiger partial charge in [0.15, 0.2) is 16.6 Å². The lowest BCUT2D eigenvalue weighted by Crippen LogP contribution is -2.31. The second-order valence-electron chi connectivity index (χ2n) is 5.70. The maximum Gasteiger partial charge on any atom is 0.269 e. The molecule has 0 saturated heterocycles. The highest BCUT2D eigenvalue weighted by atomic mass is 79.9. The van der Waals surface area contributed by atoms with Crippen molar-refractivity contribution in [2.75, 3.05) is 13.2 Å². The highest BCUT2D eigenvalue weighted by molar-refractivity contribution is 9.10. The van der Waals surface area contributed by atoms with E-state index in [0.29, 0.717) is 29.8 Å². The molecule has 0 aliphatic heterocycles. The van der Waals surface area contributed by atoms with Crippen LogP contribution in [0.4, 0.5) is 5.69 Å². The third-order valence-corrected chi connectivity index (χ3v) is 4.53. The fourth-order valence-electron chi connectivity index (χ4n) is 2.27. The van der Waals surface area contributed by atoms with Crippen LogP contribution < -0.4 is 20.2 Å². The summed E-state index contributed by atoms with van der Waals surface area (Å²) in [4.78, 5) is 10.3. The van der Waals surface area contributed by atoms with E-state index in [2.05, 4.69) is 31.8 Å². The summed E-state index contributed by atoms with van der Waals surface area (Å²) < 4.78 is 12.3. The lowest BCUT2D eigenvalue weighted by molar-refractivity contribution is -0.384. The topological polar surface area (TPSA) is 98.0 Å². The van der Waals surface area contributed by atoms with Gasteiger partial charge in [-0.05, 0) is 71.8 Å². The molecule has 0 fully saturated rings. The van der Waals surface area contributed by atoms with Crippen LogP contribution in [0.3, 0.4) is 0 Å². The monoisotopic (exact) mass is 480 g/mol. The molecule has 2 aromatic carbocycles. The van der Waals surface area contributed by atoms with Crippen molar-refractivity contribution in [3.8, 4) is 11.5 Å². The molecule has 29 heavy (non-hydrogen) atoms. The Morgan fingerprint density at radius 1 is 1.24 bits per heavy atom. The maximum atomic E-state index is 10.7. The van der Waals surface area contributed by atoms with E-state index < -0.39 is 4.92 Å². The SMILES string of the molecule is CCNC(=S)NN=Cc1cc(OCC)c(OCc2ccc([N+](=O)[O-])cc2)cc1Br. The zero-order valence-electron chi connectivity index (χ0n) is 16.0. The van der Waals surface area contributed by atoms with E-state index in [0.717, 1.165) is 15.6 Å². The fraction of sp³-hybridized carbons (Fsp3) is 0.263. The van der Waals surface area contributed by atoms with Gasteiger partial charge in [0.25, 0.3) is 5.69 Å². The van der Waals surface area contributed by atoms with Crippen molar-refractivity contribution >= 4 is 45.2 Å². The number of nitro groups is 1. The Kier molecular flexibility index (Phi) is 8.81. The van der Waals surface area contributed by atoms with Crippen LogP contribution in [0.2, 0.25) is 0 Å². The number of nitrogens with one attached hydrogen (secondary N) is 2. The van der Waals surface area contributed by atoms with E-state index in [9.17, 15) is 10.1 Å². The lowest BCUT2D eigenvalue weighted by atomic mass is 10.2. The summed E-state index contributed by atoms with van der Waals surface area (Å²) in [5.41, 5.74) is 4.36. The number of benzene rings is 2. The number of hydrogen-bond donors (Lipinski definition) is 2. The first-order valence-electron chi connectivity index (χ1n) is 8.84. The molecule has 10 heteroatoms. The summed E-state index contributed by atoms with van der Waals surface area (Å²) in [7, 11) is 0. The predicted molar refractivity (Wildman–Crippen MR) is 120 cm³/mol. The Hall–Kier alpha value is -2.72. The maximum absolute atomic E-state index is 10.7. The molecular formula is C19H21BrN4O4S. The summed E-state index contributed by atoms with van der Waals surface area (Å²) in [5.74, 6) is 1.11. The van der Waals surface area contributed by atoms with Crippen LogP contribution >= 0.6 is 28.1 Å². The third-order valence-electron chi connectivity index (χ3n) is 3.61. The normalized spacial score (nSPS) is 10.6. The predicted octanol–water partition coefficient (Wildman–Crippen LogP) is 4.15. The number of nitrogens with zero attached hydrogens (tertiary/aromatic N) is 2. The minimum Gasteiger partial charge on any atom is -0.490 e. The Balaban J connectivity index is 2.12. The molecule has 0 bridgehead atoms. The van der Waals surface area contributed by atoms with Crippen molar-refractivity contribution in [1.29, 1.82) is 0 Å². The molecule has 0 aliphatic rings. The van der Waals surface area contributed by atoms with Crippen molar-refractivity contribution < 1.29 is 14.4 Å². The Labute approximate surface area is 182 Å². The number of hydrazone groups is 1. The van der Waals surface area contributed by atoms with E-state index in [1.54, 1.807) is 30.5 Å². The van der Waals surface area contributed by atoms with Gasteiger partial charge in [-0.3, -0.25) is 15.5 Å². The molecule has 0 aromatic heterocycles. The number of halogens is 1. The molecule has 2 aromatic rings. The van der Waals surface area contributed by atoms with E-state index in [-0.39, 0.29) is 12.3 Å². The van der Waals surface area contributed by atoms with Crippen molar-refractivity contribution in [2.24, 2.45) is 5.10 Å². The lowest BCUT2D eigenvalue weighted by Gasteiger charge is -2.14. The van der Waals surface area contributed by atoms with Gasteiger partial charge in [-0.25, -0.2) is 0 Å². The van der Waals surface area contributed by atoms with Crippen molar-refractivity contribution in [3.63, 3.8) is 0 Å². The third kappa shape index (κ3) is 6.99. The van der Waals surface area contributed by atoms with Gasteiger partial charge in [-0.15, -0.1) is 0 Å². The molecule has 0 spiro atoms. The number of rotatable bonds is 9. The van der Waals surface area contributed by atoms with Crippen LogP contribution in [-0.2, 0) is 6.61 Å². The molecule has 0 unspecified atom stereocenters. The molecule has 2 N–H and O–H groups in total. The van der Waals surface area contributed by atoms with Gasteiger partial charge in [0, 0.05) is 28.7 Å². The molecule has 8 nitrogen and oxygen atoms in total. The number of hydrogen-bond acceptors (Lipinski definition) is 6. The van der Waals surface area contributed by atoms with Gasteiger partial charge in [0.2, 0.25) is 0 Å². The molecule has 0 amide bonds. The van der Waals surface area contributed by atoms with Crippen LogP contribution in [-0.4, -0.2) is 29.4 Å². The Bertz CT molecular complexity index is 891. The van der Waals surface area contributed by atoms with Crippen LogP contribution in [0, 0.1) is 10.1 Å². The van der Waals surface area contributed by atoms with Gasteiger partial charge in [0.05, 0.1) is 17.7 Å². The summed E-state index contributed by atoms with van der Waals surface area (Å²) in [6, 6.07) is 9.81. The summed E-state index contributed by atoms with van der Waals surface area (Å²) >= 11 is 8.57. The number of ether oxygens (including phenoxy) is 2. The molecule has 154 valence electrons. The zero-order chi connectivity index (χ0) is 21.2. The number of non-ortho nitro benzene ring substituents is 1. The first-order chi connectivity index (χ1) is 13.9. The largest absolute Gasteiger partial charge is 0.490 e.